The molecular formula is C20H26ClN5O2. The summed E-state index contributed by atoms with van der Waals surface area (Å²) < 4.78 is 7.96. The lowest BCUT2D eigenvalue weighted by Crippen LogP contribution is -2.19. The van der Waals surface area contributed by atoms with Crippen molar-refractivity contribution >= 4 is 23.4 Å². The number of aliphatic imine (C=N–C) groups is 1. The first-order chi connectivity index (χ1) is 13.5. The van der Waals surface area contributed by atoms with Gasteiger partial charge in [0, 0.05) is 17.8 Å². The minimum Gasteiger partial charge on any atom is -0.394 e. The summed E-state index contributed by atoms with van der Waals surface area (Å²) in [5.74, 6) is 0.982. The molecule has 2 heterocycles. The summed E-state index contributed by atoms with van der Waals surface area (Å²) in [6.45, 7) is 6.23. The molecule has 28 heavy (non-hydrogen) atoms. The van der Waals surface area contributed by atoms with Gasteiger partial charge in [0.2, 0.25) is 5.95 Å². The molecule has 0 spiro atoms. The van der Waals surface area contributed by atoms with Crippen LogP contribution >= 0.6 is 11.6 Å². The van der Waals surface area contributed by atoms with E-state index in [2.05, 4.69) is 21.9 Å². The van der Waals surface area contributed by atoms with Crippen LogP contribution in [-0.4, -0.2) is 39.7 Å². The topological polar surface area (TPSA) is 97.7 Å². The van der Waals surface area contributed by atoms with E-state index in [0.29, 0.717) is 24.0 Å². The van der Waals surface area contributed by atoms with Crippen molar-refractivity contribution in [3.63, 3.8) is 0 Å². The van der Waals surface area contributed by atoms with E-state index >= 15 is 0 Å². The first-order valence-electron chi connectivity index (χ1n) is 9.31. The van der Waals surface area contributed by atoms with Gasteiger partial charge in [0.05, 0.1) is 18.4 Å². The number of amidine groups is 1. The van der Waals surface area contributed by atoms with E-state index in [1.54, 1.807) is 0 Å². The van der Waals surface area contributed by atoms with Crippen molar-refractivity contribution in [3.05, 3.63) is 59.0 Å². The Morgan fingerprint density at radius 3 is 2.86 bits per heavy atom. The van der Waals surface area contributed by atoms with E-state index < -0.39 is 0 Å². The number of anilines is 1. The van der Waals surface area contributed by atoms with Gasteiger partial charge in [-0.3, -0.25) is 4.57 Å². The van der Waals surface area contributed by atoms with Crippen molar-refractivity contribution in [1.29, 1.82) is 0 Å². The molecule has 1 aliphatic rings. The molecule has 0 saturated carbocycles. The van der Waals surface area contributed by atoms with Crippen LogP contribution < -0.4 is 11.1 Å². The second-order valence-electron chi connectivity index (χ2n) is 6.71. The van der Waals surface area contributed by atoms with Crippen molar-refractivity contribution in [2.45, 2.75) is 38.5 Å². The number of imidazole rings is 1. The summed E-state index contributed by atoms with van der Waals surface area (Å²) in [5, 5.41) is 13.5. The Morgan fingerprint density at radius 2 is 2.21 bits per heavy atom. The molecule has 3 rings (SSSR count). The van der Waals surface area contributed by atoms with E-state index in [0.717, 1.165) is 30.0 Å². The molecule has 4 N–H and O–H groups in total. The summed E-state index contributed by atoms with van der Waals surface area (Å²) in [6, 6.07) is 7.78. The third-order valence-corrected chi connectivity index (χ3v) is 5.06. The molecule has 7 nitrogen and oxygen atoms in total. The Morgan fingerprint density at radius 1 is 1.46 bits per heavy atom. The minimum atomic E-state index is -0.201. The molecule has 0 aliphatic carbocycles. The van der Waals surface area contributed by atoms with E-state index in [1.165, 1.54) is 11.8 Å². The fourth-order valence-electron chi connectivity index (χ4n) is 3.37. The molecule has 1 fully saturated rings. The molecule has 1 aromatic carbocycles. The minimum absolute atomic E-state index is 0.0104. The number of nitrogens with zero attached hydrogens (tertiary/aromatic N) is 3. The standard InChI is InChI=1S/C20H26ClN5O2/c1-3-23-19(22)18-13(2)26(17-9-8-16(12-27)28-17)20(25-18)24-11-10-14-4-6-15(21)7-5-14/h3-7,16-17,27H,1,8-12H2,2H3,(H2,22,23)(H,24,25). The highest BCUT2D eigenvalue weighted by Crippen LogP contribution is 2.33. The maximum Gasteiger partial charge on any atom is 0.205 e. The first kappa shape index (κ1) is 20.4. The lowest BCUT2D eigenvalue weighted by molar-refractivity contribution is -0.0222. The second-order valence-corrected chi connectivity index (χ2v) is 7.15. The summed E-state index contributed by atoms with van der Waals surface area (Å²) in [5.41, 5.74) is 8.70. The van der Waals surface area contributed by atoms with Gasteiger partial charge < -0.3 is 20.9 Å². The number of rotatable bonds is 8. The molecule has 2 unspecified atom stereocenters. The van der Waals surface area contributed by atoms with Crippen molar-refractivity contribution in [1.82, 2.24) is 9.55 Å². The molecular weight excluding hydrogens is 378 g/mol. The average molecular weight is 404 g/mol. The third-order valence-electron chi connectivity index (χ3n) is 4.81. The molecule has 150 valence electrons. The number of aliphatic hydroxyl groups is 1. The van der Waals surface area contributed by atoms with Gasteiger partial charge in [0.25, 0.3) is 0 Å². The highest BCUT2D eigenvalue weighted by Gasteiger charge is 2.30. The van der Waals surface area contributed by atoms with E-state index in [4.69, 9.17) is 22.1 Å². The van der Waals surface area contributed by atoms with Gasteiger partial charge in [-0.1, -0.05) is 30.3 Å². The molecule has 0 amide bonds. The SMILES string of the molecule is C=CN=C(N)c1nc(NCCc2ccc(Cl)cc2)n(C2CCC(CO)O2)c1C. The van der Waals surface area contributed by atoms with Gasteiger partial charge in [-0.15, -0.1) is 0 Å². The average Bonchev–Trinajstić information content (AvgIpc) is 3.28. The van der Waals surface area contributed by atoms with Crippen molar-refractivity contribution in [2.24, 2.45) is 10.7 Å². The Labute approximate surface area is 169 Å². The lowest BCUT2D eigenvalue weighted by atomic mass is 10.1. The summed E-state index contributed by atoms with van der Waals surface area (Å²) in [6.07, 6.45) is 3.46. The number of hydrogen-bond acceptors (Lipinski definition) is 5. The van der Waals surface area contributed by atoms with Gasteiger partial charge in [-0.2, -0.15) is 0 Å². The number of nitrogens with one attached hydrogen (secondary N) is 1. The summed E-state index contributed by atoms with van der Waals surface area (Å²) in [7, 11) is 0. The van der Waals surface area contributed by atoms with Gasteiger partial charge in [-0.25, -0.2) is 9.98 Å². The van der Waals surface area contributed by atoms with Crippen LogP contribution in [-0.2, 0) is 11.2 Å². The molecule has 0 radical (unpaired) electrons. The second kappa shape index (κ2) is 9.23. The van der Waals surface area contributed by atoms with Crippen LogP contribution in [0.15, 0.2) is 42.0 Å². The predicted molar refractivity (Wildman–Crippen MR) is 112 cm³/mol. The number of aromatic nitrogens is 2. The lowest BCUT2D eigenvalue weighted by Gasteiger charge is -2.19. The molecule has 1 aliphatic heterocycles. The van der Waals surface area contributed by atoms with Crippen LogP contribution in [0, 0.1) is 6.92 Å². The molecule has 8 heteroatoms. The van der Waals surface area contributed by atoms with Crippen molar-refractivity contribution in [3.8, 4) is 0 Å². The number of hydrogen-bond donors (Lipinski definition) is 3. The van der Waals surface area contributed by atoms with Crippen LogP contribution in [0.25, 0.3) is 0 Å². The van der Waals surface area contributed by atoms with Crippen LogP contribution in [0.3, 0.4) is 0 Å². The maximum atomic E-state index is 9.39. The first-order valence-corrected chi connectivity index (χ1v) is 9.69. The predicted octanol–water partition coefficient (Wildman–Crippen LogP) is 3.02. The highest BCUT2D eigenvalue weighted by atomic mass is 35.5. The molecule has 1 saturated heterocycles. The largest absolute Gasteiger partial charge is 0.394 e. The Bertz CT molecular complexity index is 847. The highest BCUT2D eigenvalue weighted by molar-refractivity contribution is 6.30. The Balaban J connectivity index is 1.81. The summed E-state index contributed by atoms with van der Waals surface area (Å²) >= 11 is 5.94. The number of halogens is 1. The van der Waals surface area contributed by atoms with Crippen molar-refractivity contribution < 1.29 is 9.84 Å². The molecule has 2 aromatic rings. The van der Waals surface area contributed by atoms with Gasteiger partial charge in [0.1, 0.15) is 11.9 Å². The van der Waals surface area contributed by atoms with Gasteiger partial charge >= 0.3 is 0 Å². The zero-order chi connectivity index (χ0) is 20.1. The number of nitrogens with two attached hydrogens (primary N) is 1. The van der Waals surface area contributed by atoms with Gasteiger partial charge in [-0.05, 0) is 43.9 Å². The smallest absolute Gasteiger partial charge is 0.205 e. The number of benzene rings is 1. The number of ether oxygens (including phenoxy) is 1. The fraction of sp³-hybridized carbons (Fsp3) is 0.400. The quantitative estimate of drug-likeness (QED) is 0.465. The monoisotopic (exact) mass is 403 g/mol. The zero-order valence-electron chi connectivity index (χ0n) is 15.9. The van der Waals surface area contributed by atoms with Crippen LogP contribution in [0.1, 0.15) is 36.0 Å². The third kappa shape index (κ3) is 4.55. The summed E-state index contributed by atoms with van der Waals surface area (Å²) in [4.78, 5) is 8.72. The fourth-order valence-corrected chi connectivity index (χ4v) is 3.50. The van der Waals surface area contributed by atoms with Crippen molar-refractivity contribution in [2.75, 3.05) is 18.5 Å². The van der Waals surface area contributed by atoms with E-state index in [9.17, 15) is 5.11 Å². The van der Waals surface area contributed by atoms with E-state index in [-0.39, 0.29) is 18.9 Å². The normalized spacial score (nSPS) is 19.8. The van der Waals surface area contributed by atoms with Gasteiger partial charge in [0.15, 0.2) is 5.84 Å². The Hall–Kier alpha value is -2.35. The molecule has 2 atom stereocenters. The maximum absolute atomic E-state index is 9.39. The molecule has 0 bridgehead atoms. The van der Waals surface area contributed by atoms with Crippen LogP contribution in [0.4, 0.5) is 5.95 Å². The Kier molecular flexibility index (Phi) is 6.72. The number of aliphatic hydroxyl groups excluding tert-OH is 1. The van der Waals surface area contributed by atoms with Crippen LogP contribution in [0.2, 0.25) is 5.02 Å². The van der Waals surface area contributed by atoms with E-state index in [1.807, 2.05) is 35.8 Å². The van der Waals surface area contributed by atoms with Crippen LogP contribution in [0.5, 0.6) is 0 Å². The molecule has 1 aromatic heterocycles. The zero-order valence-corrected chi connectivity index (χ0v) is 16.7.